The lowest BCUT2D eigenvalue weighted by Gasteiger charge is -2.02. The van der Waals surface area contributed by atoms with E-state index in [9.17, 15) is 9.59 Å². The lowest BCUT2D eigenvalue weighted by atomic mass is 10.1. The van der Waals surface area contributed by atoms with Gasteiger partial charge in [0.2, 0.25) is 0 Å². The number of amides is 1. The topological polar surface area (TPSA) is 71.2 Å². The van der Waals surface area contributed by atoms with E-state index in [-0.39, 0.29) is 0 Å². The van der Waals surface area contributed by atoms with Crippen LogP contribution >= 0.6 is 0 Å². The first-order chi connectivity index (χ1) is 8.22. The smallest absolute Gasteiger partial charge is 0.375 e. The Bertz CT molecular complexity index is 570. The van der Waals surface area contributed by atoms with Crippen molar-refractivity contribution < 1.29 is 14.3 Å². The number of benzene rings is 1. The maximum absolute atomic E-state index is 11.3. The van der Waals surface area contributed by atoms with Crippen molar-refractivity contribution in [3.63, 3.8) is 0 Å². The fourth-order valence-electron chi connectivity index (χ4n) is 1.99. The number of aromatic amines is 1. The maximum atomic E-state index is 11.3. The average Bonchev–Trinajstić information content (AvgIpc) is 2.82. The highest BCUT2D eigenvalue weighted by atomic mass is 16.6. The number of carbonyl (C=O) groups is 2. The van der Waals surface area contributed by atoms with Crippen LogP contribution in [-0.2, 0) is 16.0 Å². The minimum atomic E-state index is -0.670. The average molecular weight is 230 g/mol. The van der Waals surface area contributed by atoms with Crippen LogP contribution in [0.2, 0.25) is 0 Å². The first kappa shape index (κ1) is 9.89. The highest BCUT2D eigenvalue weighted by Crippen LogP contribution is 2.16. The Morgan fingerprint density at radius 2 is 2.06 bits per heavy atom. The lowest BCUT2D eigenvalue weighted by molar-refractivity contribution is -0.135. The van der Waals surface area contributed by atoms with Gasteiger partial charge in [0.25, 0.3) is 0 Å². The third-order valence-corrected chi connectivity index (χ3v) is 2.78. The number of fused-ring (bicyclic) bond motifs is 1. The summed E-state index contributed by atoms with van der Waals surface area (Å²) >= 11 is 0. The standard InChI is InChI=1S/C12H10N2O3/c15-11-10(14-12(16)17-11)6-8-5-7-3-1-2-4-9(7)13-8/h1-5,10,13H,6H2,(H,14,16)/t10-/m0/s1. The van der Waals surface area contributed by atoms with E-state index in [1.165, 1.54) is 0 Å². The third-order valence-electron chi connectivity index (χ3n) is 2.78. The first-order valence-electron chi connectivity index (χ1n) is 5.31. The summed E-state index contributed by atoms with van der Waals surface area (Å²) in [5.74, 6) is -0.520. The monoisotopic (exact) mass is 230 g/mol. The number of cyclic esters (lactones) is 2. The molecule has 17 heavy (non-hydrogen) atoms. The summed E-state index contributed by atoms with van der Waals surface area (Å²) in [7, 11) is 0. The summed E-state index contributed by atoms with van der Waals surface area (Å²) in [4.78, 5) is 25.3. The number of hydrogen-bond donors (Lipinski definition) is 2. The van der Waals surface area contributed by atoms with Gasteiger partial charge in [0.1, 0.15) is 6.04 Å². The number of hydrogen-bond acceptors (Lipinski definition) is 3. The van der Waals surface area contributed by atoms with Crippen LogP contribution in [0.15, 0.2) is 30.3 Å². The molecule has 2 N–H and O–H groups in total. The molecule has 0 spiro atoms. The van der Waals surface area contributed by atoms with E-state index >= 15 is 0 Å². The van der Waals surface area contributed by atoms with E-state index in [0.29, 0.717) is 6.42 Å². The predicted molar refractivity (Wildman–Crippen MR) is 60.4 cm³/mol. The SMILES string of the molecule is O=C1N[C@@H](Cc2cc3ccccc3[nH]2)C(=O)O1. The van der Waals surface area contributed by atoms with Crippen molar-refractivity contribution in [2.45, 2.75) is 12.5 Å². The van der Waals surface area contributed by atoms with Crippen molar-refractivity contribution in [1.29, 1.82) is 0 Å². The van der Waals surface area contributed by atoms with E-state index in [1.807, 2.05) is 30.3 Å². The minimum Gasteiger partial charge on any atom is -0.375 e. The number of carbonyl (C=O) groups excluding carboxylic acids is 2. The number of H-pyrrole nitrogens is 1. The summed E-state index contributed by atoms with van der Waals surface area (Å²) in [6.45, 7) is 0. The molecule has 1 aromatic heterocycles. The molecule has 2 heterocycles. The van der Waals surface area contributed by atoms with Crippen LogP contribution in [0.5, 0.6) is 0 Å². The summed E-state index contributed by atoms with van der Waals surface area (Å²) in [6, 6.07) is 9.22. The van der Waals surface area contributed by atoms with Gasteiger partial charge < -0.3 is 15.0 Å². The molecule has 0 saturated carbocycles. The number of esters is 1. The van der Waals surface area contributed by atoms with Crippen LogP contribution in [-0.4, -0.2) is 23.1 Å². The molecule has 1 aliphatic rings. The van der Waals surface area contributed by atoms with Crippen LogP contribution in [0.25, 0.3) is 10.9 Å². The molecule has 1 fully saturated rings. The van der Waals surface area contributed by atoms with Crippen LogP contribution < -0.4 is 5.32 Å². The van der Waals surface area contributed by atoms with Crippen LogP contribution in [0.4, 0.5) is 4.79 Å². The number of para-hydroxylation sites is 1. The van der Waals surface area contributed by atoms with Gasteiger partial charge in [-0.25, -0.2) is 9.59 Å². The minimum absolute atomic E-state index is 0.416. The van der Waals surface area contributed by atoms with Crippen molar-refractivity contribution in [3.8, 4) is 0 Å². The molecule has 0 unspecified atom stereocenters. The molecule has 1 atom stereocenters. The van der Waals surface area contributed by atoms with Crippen molar-refractivity contribution >= 4 is 23.0 Å². The van der Waals surface area contributed by atoms with Gasteiger partial charge in [-0.2, -0.15) is 0 Å². The van der Waals surface area contributed by atoms with Crippen molar-refractivity contribution in [1.82, 2.24) is 10.3 Å². The Labute approximate surface area is 96.8 Å². The number of rotatable bonds is 2. The molecule has 2 aromatic rings. The first-order valence-corrected chi connectivity index (χ1v) is 5.31. The Hall–Kier alpha value is -2.30. The molecule has 1 saturated heterocycles. The van der Waals surface area contributed by atoms with Crippen LogP contribution in [0, 0.1) is 0 Å². The maximum Gasteiger partial charge on any atom is 0.415 e. The fourth-order valence-corrected chi connectivity index (χ4v) is 1.99. The van der Waals surface area contributed by atoms with Gasteiger partial charge in [-0.15, -0.1) is 0 Å². The van der Waals surface area contributed by atoms with E-state index in [0.717, 1.165) is 16.6 Å². The molecule has 1 aromatic carbocycles. The van der Waals surface area contributed by atoms with Gasteiger partial charge in [-0.1, -0.05) is 18.2 Å². The quantitative estimate of drug-likeness (QED) is 0.604. The van der Waals surface area contributed by atoms with Gasteiger partial charge in [0.05, 0.1) is 0 Å². The number of nitrogens with one attached hydrogen (secondary N) is 2. The molecule has 0 radical (unpaired) electrons. The molecule has 3 rings (SSSR count). The fraction of sp³-hybridized carbons (Fsp3) is 0.167. The second kappa shape index (κ2) is 3.62. The Morgan fingerprint density at radius 1 is 1.24 bits per heavy atom. The molecular weight excluding hydrogens is 220 g/mol. The van der Waals surface area contributed by atoms with E-state index in [1.54, 1.807) is 0 Å². The molecule has 5 nitrogen and oxygen atoms in total. The molecular formula is C12H10N2O3. The largest absolute Gasteiger partial charge is 0.415 e. The highest BCUT2D eigenvalue weighted by Gasteiger charge is 2.32. The van der Waals surface area contributed by atoms with Crippen molar-refractivity contribution in [3.05, 3.63) is 36.0 Å². The summed E-state index contributed by atoms with van der Waals surface area (Å²) in [5, 5.41) is 3.55. The lowest BCUT2D eigenvalue weighted by Crippen LogP contribution is -2.30. The highest BCUT2D eigenvalue weighted by molar-refractivity contribution is 5.95. The molecule has 1 amide bonds. The normalized spacial score (nSPS) is 19.4. The van der Waals surface area contributed by atoms with Gasteiger partial charge in [0.15, 0.2) is 0 Å². The zero-order valence-electron chi connectivity index (χ0n) is 8.90. The summed E-state index contributed by atoms with van der Waals surface area (Å²) < 4.78 is 4.42. The summed E-state index contributed by atoms with van der Waals surface area (Å²) in [6.07, 6.45) is -0.254. The third kappa shape index (κ3) is 1.75. The molecule has 0 aliphatic carbocycles. The van der Waals surface area contributed by atoms with Crippen molar-refractivity contribution in [2.24, 2.45) is 0 Å². The van der Waals surface area contributed by atoms with Gasteiger partial charge in [0, 0.05) is 17.6 Å². The van der Waals surface area contributed by atoms with Crippen LogP contribution in [0.3, 0.4) is 0 Å². The van der Waals surface area contributed by atoms with Crippen LogP contribution in [0.1, 0.15) is 5.69 Å². The molecule has 1 aliphatic heterocycles. The Balaban J connectivity index is 1.85. The number of alkyl carbamates (subject to hydrolysis) is 1. The van der Waals surface area contributed by atoms with E-state index in [2.05, 4.69) is 15.0 Å². The molecule has 0 bridgehead atoms. The number of aromatic nitrogens is 1. The summed E-state index contributed by atoms with van der Waals surface area (Å²) in [5.41, 5.74) is 1.91. The Kier molecular flexibility index (Phi) is 2.11. The predicted octanol–water partition coefficient (Wildman–Crippen LogP) is 1.35. The van der Waals surface area contributed by atoms with Gasteiger partial charge in [-0.3, -0.25) is 0 Å². The van der Waals surface area contributed by atoms with E-state index in [4.69, 9.17) is 0 Å². The zero-order valence-corrected chi connectivity index (χ0v) is 8.90. The van der Waals surface area contributed by atoms with Gasteiger partial charge in [-0.05, 0) is 17.5 Å². The zero-order chi connectivity index (χ0) is 11.8. The van der Waals surface area contributed by atoms with E-state index < -0.39 is 18.1 Å². The van der Waals surface area contributed by atoms with Crippen molar-refractivity contribution in [2.75, 3.05) is 0 Å². The second-order valence-electron chi connectivity index (χ2n) is 3.99. The van der Waals surface area contributed by atoms with Gasteiger partial charge >= 0.3 is 12.1 Å². The second-order valence-corrected chi connectivity index (χ2v) is 3.99. The molecule has 86 valence electrons. The number of ether oxygens (including phenoxy) is 1. The molecule has 5 heteroatoms. The Morgan fingerprint density at radius 3 is 2.76 bits per heavy atom.